The van der Waals surface area contributed by atoms with Crippen LogP contribution in [0, 0.1) is 0 Å². The molecule has 0 aliphatic rings. The van der Waals surface area contributed by atoms with E-state index in [2.05, 4.69) is 21.4 Å². The second-order valence-electron chi connectivity index (χ2n) is 6.03. The molecule has 3 N–H and O–H groups in total. The molecule has 7 heteroatoms. The van der Waals surface area contributed by atoms with Gasteiger partial charge >= 0.3 is 0 Å². The maximum absolute atomic E-state index is 11.4. The summed E-state index contributed by atoms with van der Waals surface area (Å²) in [5.41, 5.74) is 2.84. The van der Waals surface area contributed by atoms with Gasteiger partial charge in [0.1, 0.15) is 5.82 Å². The summed E-state index contributed by atoms with van der Waals surface area (Å²) >= 11 is 0. The molecule has 0 aliphatic carbocycles. The lowest BCUT2D eigenvalue weighted by atomic mass is 10.0. The molecule has 0 amide bonds. The second-order valence-corrected chi connectivity index (χ2v) is 7.59. The van der Waals surface area contributed by atoms with Crippen LogP contribution in [0.4, 0.5) is 11.5 Å². The molecule has 134 valence electrons. The van der Waals surface area contributed by atoms with Crippen molar-refractivity contribution in [3.63, 3.8) is 0 Å². The van der Waals surface area contributed by atoms with Crippen molar-refractivity contribution in [2.75, 3.05) is 5.32 Å². The summed E-state index contributed by atoms with van der Waals surface area (Å²) in [6, 6.07) is 18.2. The molecule has 0 saturated carbocycles. The van der Waals surface area contributed by atoms with Crippen molar-refractivity contribution in [1.82, 2.24) is 9.97 Å². The summed E-state index contributed by atoms with van der Waals surface area (Å²) in [6.45, 7) is 0. The van der Waals surface area contributed by atoms with E-state index in [1.54, 1.807) is 24.5 Å². The number of benzene rings is 2. The van der Waals surface area contributed by atoms with Crippen LogP contribution >= 0.6 is 0 Å². The fourth-order valence-corrected chi connectivity index (χ4v) is 3.37. The third-order valence-corrected chi connectivity index (χ3v) is 5.13. The number of anilines is 2. The number of sulfonamides is 1. The van der Waals surface area contributed by atoms with E-state index in [4.69, 9.17) is 5.14 Å². The quantitative estimate of drug-likeness (QED) is 0.566. The van der Waals surface area contributed by atoms with E-state index in [-0.39, 0.29) is 4.90 Å². The Bertz CT molecular complexity index is 1210. The Morgan fingerprint density at radius 1 is 0.889 bits per heavy atom. The lowest BCUT2D eigenvalue weighted by Crippen LogP contribution is -2.11. The van der Waals surface area contributed by atoms with Crippen LogP contribution < -0.4 is 10.5 Å². The van der Waals surface area contributed by atoms with Crippen molar-refractivity contribution in [3.8, 4) is 11.1 Å². The summed E-state index contributed by atoms with van der Waals surface area (Å²) in [5, 5.41) is 10.4. The van der Waals surface area contributed by atoms with Gasteiger partial charge in [0.25, 0.3) is 0 Å². The molecule has 4 rings (SSSR count). The summed E-state index contributed by atoms with van der Waals surface area (Å²) < 4.78 is 22.7. The average Bonchev–Trinajstić information content (AvgIpc) is 2.68. The van der Waals surface area contributed by atoms with Crippen molar-refractivity contribution in [2.45, 2.75) is 4.90 Å². The molecule has 0 bridgehead atoms. The van der Waals surface area contributed by atoms with E-state index in [1.807, 2.05) is 36.5 Å². The van der Waals surface area contributed by atoms with Crippen molar-refractivity contribution >= 4 is 32.3 Å². The van der Waals surface area contributed by atoms with Crippen molar-refractivity contribution < 1.29 is 8.42 Å². The SMILES string of the molecule is NS(=O)(=O)c1ccc(Nc2nccc3cc(-c4cccnc4)ccc23)cc1. The van der Waals surface area contributed by atoms with Crippen LogP contribution in [0.15, 0.2) is 84.1 Å². The van der Waals surface area contributed by atoms with Gasteiger partial charge in [-0.15, -0.1) is 0 Å². The van der Waals surface area contributed by atoms with E-state index in [1.165, 1.54) is 12.1 Å². The van der Waals surface area contributed by atoms with Gasteiger partial charge in [0.05, 0.1) is 4.90 Å². The van der Waals surface area contributed by atoms with Gasteiger partial charge in [0.2, 0.25) is 10.0 Å². The van der Waals surface area contributed by atoms with Crippen LogP contribution in [0.1, 0.15) is 0 Å². The summed E-state index contributed by atoms with van der Waals surface area (Å²) in [5.74, 6) is 0.689. The number of fused-ring (bicyclic) bond motifs is 1. The number of rotatable bonds is 4. The molecule has 0 saturated heterocycles. The molecule has 0 spiro atoms. The van der Waals surface area contributed by atoms with Crippen LogP contribution in [0.3, 0.4) is 0 Å². The maximum Gasteiger partial charge on any atom is 0.238 e. The molecule has 6 nitrogen and oxygen atoms in total. The van der Waals surface area contributed by atoms with Crippen LogP contribution in [-0.2, 0) is 10.0 Å². The highest BCUT2D eigenvalue weighted by molar-refractivity contribution is 7.89. The average molecular weight is 376 g/mol. The first-order valence-electron chi connectivity index (χ1n) is 8.20. The monoisotopic (exact) mass is 376 g/mol. The van der Waals surface area contributed by atoms with E-state index in [9.17, 15) is 8.42 Å². The minimum atomic E-state index is -3.71. The number of nitrogens with two attached hydrogens (primary N) is 1. The number of primary sulfonamides is 1. The number of pyridine rings is 2. The van der Waals surface area contributed by atoms with Gasteiger partial charge in [-0.05, 0) is 53.4 Å². The van der Waals surface area contributed by atoms with Crippen molar-refractivity contribution in [3.05, 3.63) is 79.3 Å². The lowest BCUT2D eigenvalue weighted by molar-refractivity contribution is 0.598. The molecule has 0 radical (unpaired) electrons. The second kappa shape index (κ2) is 6.79. The van der Waals surface area contributed by atoms with Crippen molar-refractivity contribution in [2.24, 2.45) is 5.14 Å². The van der Waals surface area contributed by atoms with Gasteiger partial charge in [0, 0.05) is 35.2 Å². The van der Waals surface area contributed by atoms with E-state index < -0.39 is 10.0 Å². The molecule has 0 fully saturated rings. The number of aromatic nitrogens is 2. The standard InChI is InChI=1S/C20H16N4O2S/c21-27(25,26)18-6-4-17(5-7-18)24-20-19-8-3-14(12-15(19)9-11-23-20)16-2-1-10-22-13-16/h1-13H,(H,23,24)(H2,21,25,26). The first-order valence-corrected chi connectivity index (χ1v) is 9.74. The first-order chi connectivity index (χ1) is 13.0. The Balaban J connectivity index is 1.68. The third-order valence-electron chi connectivity index (χ3n) is 4.20. The summed E-state index contributed by atoms with van der Waals surface area (Å²) in [7, 11) is -3.71. The predicted molar refractivity (Wildman–Crippen MR) is 106 cm³/mol. The largest absolute Gasteiger partial charge is 0.340 e. The topological polar surface area (TPSA) is 98.0 Å². The molecule has 27 heavy (non-hydrogen) atoms. The predicted octanol–water partition coefficient (Wildman–Crippen LogP) is 3.69. The summed E-state index contributed by atoms with van der Waals surface area (Å²) in [6.07, 6.45) is 5.31. The number of hydrogen-bond acceptors (Lipinski definition) is 5. The van der Waals surface area contributed by atoms with Gasteiger partial charge in [-0.2, -0.15) is 0 Å². The van der Waals surface area contributed by atoms with Crippen LogP contribution in [0.5, 0.6) is 0 Å². The Morgan fingerprint density at radius 2 is 1.70 bits per heavy atom. The summed E-state index contributed by atoms with van der Waals surface area (Å²) in [4.78, 5) is 8.64. The molecule has 2 heterocycles. The Hall–Kier alpha value is -3.29. The zero-order chi connectivity index (χ0) is 18.9. The minimum absolute atomic E-state index is 0.0695. The van der Waals surface area contributed by atoms with E-state index in [0.717, 1.165) is 27.6 Å². The number of nitrogens with one attached hydrogen (secondary N) is 1. The highest BCUT2D eigenvalue weighted by Gasteiger charge is 2.08. The van der Waals surface area contributed by atoms with Gasteiger partial charge < -0.3 is 5.32 Å². The number of nitrogens with zero attached hydrogens (tertiary/aromatic N) is 2. The van der Waals surface area contributed by atoms with Gasteiger partial charge in [-0.3, -0.25) is 4.98 Å². The van der Waals surface area contributed by atoms with Crippen LogP contribution in [-0.4, -0.2) is 18.4 Å². The smallest absolute Gasteiger partial charge is 0.238 e. The molecule has 4 aromatic rings. The van der Waals surface area contributed by atoms with Gasteiger partial charge in [0.15, 0.2) is 0 Å². The van der Waals surface area contributed by atoms with Crippen LogP contribution in [0.2, 0.25) is 0 Å². The molecular weight excluding hydrogens is 360 g/mol. The molecule has 0 aliphatic heterocycles. The van der Waals surface area contributed by atoms with Crippen molar-refractivity contribution in [1.29, 1.82) is 0 Å². The minimum Gasteiger partial charge on any atom is -0.340 e. The van der Waals surface area contributed by atoms with Gasteiger partial charge in [-0.1, -0.05) is 18.2 Å². The highest BCUT2D eigenvalue weighted by Crippen LogP contribution is 2.29. The zero-order valence-corrected chi connectivity index (χ0v) is 15.0. The fourth-order valence-electron chi connectivity index (χ4n) is 2.86. The Labute approximate surface area is 156 Å². The maximum atomic E-state index is 11.4. The highest BCUT2D eigenvalue weighted by atomic mass is 32.2. The first kappa shape index (κ1) is 17.1. The molecule has 0 unspecified atom stereocenters. The normalized spacial score (nSPS) is 11.4. The zero-order valence-electron chi connectivity index (χ0n) is 14.2. The molecule has 2 aromatic heterocycles. The third kappa shape index (κ3) is 3.64. The Morgan fingerprint density at radius 3 is 2.41 bits per heavy atom. The molecular formula is C20H16N4O2S. The molecule has 2 aromatic carbocycles. The van der Waals surface area contributed by atoms with Gasteiger partial charge in [-0.25, -0.2) is 18.5 Å². The van der Waals surface area contributed by atoms with E-state index >= 15 is 0 Å². The fraction of sp³-hybridized carbons (Fsp3) is 0. The molecule has 0 atom stereocenters. The Kier molecular flexibility index (Phi) is 4.31. The van der Waals surface area contributed by atoms with E-state index in [0.29, 0.717) is 5.82 Å². The van der Waals surface area contributed by atoms with Crippen LogP contribution in [0.25, 0.3) is 21.9 Å². The lowest BCUT2D eigenvalue weighted by Gasteiger charge is -2.10. The number of hydrogen-bond donors (Lipinski definition) is 2.